The number of benzene rings is 1. The van der Waals surface area contributed by atoms with E-state index in [-0.39, 0.29) is 5.41 Å². The van der Waals surface area contributed by atoms with Crippen LogP contribution in [0.15, 0.2) is 41.5 Å². The van der Waals surface area contributed by atoms with E-state index in [4.69, 9.17) is 0 Å². The van der Waals surface area contributed by atoms with Crippen molar-refractivity contribution in [1.82, 2.24) is 21.1 Å². The molecule has 0 aromatic heterocycles. The minimum Gasteiger partial charge on any atom is -0.387 e. The topological polar surface area (TPSA) is 51.7 Å². The van der Waals surface area contributed by atoms with Gasteiger partial charge in [0.15, 0.2) is 0 Å². The van der Waals surface area contributed by atoms with Gasteiger partial charge in [0.25, 0.3) is 0 Å². The molecule has 1 saturated heterocycles. The molecule has 1 fully saturated rings. The molecule has 150 valence electrons. The standard InChI is InChI=1S/C22H37N5/c1-22(2,3)20-10-8-19(9-11-20)16-24-13-12-21(25-18-26-23-4)17-27-14-6-5-7-15-27/h8-13,23-24,26H,5-7,14-18H2,1-4H3/b13-12-,25-21+. The summed E-state index contributed by atoms with van der Waals surface area (Å²) in [4.78, 5) is 7.16. The van der Waals surface area contributed by atoms with Crippen LogP contribution >= 0.6 is 0 Å². The van der Waals surface area contributed by atoms with Crippen molar-refractivity contribution in [3.05, 3.63) is 47.7 Å². The lowest BCUT2D eigenvalue weighted by Crippen LogP contribution is -2.35. The first-order chi connectivity index (χ1) is 13.0. The molecular formula is C22H37N5. The Hall–Kier alpha value is -1.69. The highest BCUT2D eigenvalue weighted by molar-refractivity contribution is 5.96. The summed E-state index contributed by atoms with van der Waals surface area (Å²) < 4.78 is 0. The van der Waals surface area contributed by atoms with Crippen LogP contribution < -0.4 is 16.2 Å². The van der Waals surface area contributed by atoms with Crippen molar-refractivity contribution >= 4 is 5.71 Å². The van der Waals surface area contributed by atoms with E-state index >= 15 is 0 Å². The predicted octanol–water partition coefficient (Wildman–Crippen LogP) is 3.20. The summed E-state index contributed by atoms with van der Waals surface area (Å²) in [5, 5.41) is 3.40. The number of likely N-dealkylation sites (tertiary alicyclic amines) is 1. The summed E-state index contributed by atoms with van der Waals surface area (Å²) in [6, 6.07) is 8.88. The second-order valence-corrected chi connectivity index (χ2v) is 8.23. The first-order valence-corrected chi connectivity index (χ1v) is 10.1. The van der Waals surface area contributed by atoms with E-state index in [1.165, 1.54) is 43.5 Å². The van der Waals surface area contributed by atoms with Gasteiger partial charge in [-0.3, -0.25) is 15.3 Å². The van der Waals surface area contributed by atoms with Crippen molar-refractivity contribution in [2.24, 2.45) is 4.99 Å². The summed E-state index contributed by atoms with van der Waals surface area (Å²) >= 11 is 0. The molecule has 0 atom stereocenters. The Morgan fingerprint density at radius 3 is 2.44 bits per heavy atom. The molecule has 5 heteroatoms. The lowest BCUT2D eigenvalue weighted by atomic mass is 9.87. The zero-order valence-electron chi connectivity index (χ0n) is 17.5. The van der Waals surface area contributed by atoms with Crippen molar-refractivity contribution in [2.75, 3.05) is 33.4 Å². The van der Waals surface area contributed by atoms with Crippen LogP contribution in [0, 0.1) is 0 Å². The van der Waals surface area contributed by atoms with Gasteiger partial charge in [-0.15, -0.1) is 0 Å². The van der Waals surface area contributed by atoms with E-state index in [9.17, 15) is 0 Å². The molecule has 0 amide bonds. The van der Waals surface area contributed by atoms with E-state index in [1.807, 2.05) is 13.2 Å². The summed E-state index contributed by atoms with van der Waals surface area (Å²) in [7, 11) is 1.86. The Balaban J connectivity index is 1.86. The molecule has 0 radical (unpaired) electrons. The molecule has 3 N–H and O–H groups in total. The largest absolute Gasteiger partial charge is 0.387 e. The molecule has 0 unspecified atom stereocenters. The number of nitrogens with one attached hydrogen (secondary N) is 3. The first kappa shape index (κ1) is 21.6. The van der Waals surface area contributed by atoms with Crippen LogP contribution in [0.3, 0.4) is 0 Å². The van der Waals surface area contributed by atoms with Gasteiger partial charge in [-0.2, -0.15) is 0 Å². The molecule has 1 aromatic rings. The Kier molecular flexibility index (Phi) is 8.98. The lowest BCUT2D eigenvalue weighted by Gasteiger charge is -2.26. The summed E-state index contributed by atoms with van der Waals surface area (Å²) in [5.74, 6) is 0. The van der Waals surface area contributed by atoms with Gasteiger partial charge in [0, 0.05) is 13.1 Å². The Morgan fingerprint density at radius 2 is 1.81 bits per heavy atom. The van der Waals surface area contributed by atoms with Crippen LogP contribution in [0.2, 0.25) is 0 Å². The third-order valence-corrected chi connectivity index (χ3v) is 4.89. The maximum absolute atomic E-state index is 4.67. The SMILES string of the molecule is CNNC/N=C(\C=C/NCc1ccc(C(C)(C)C)cc1)CN1CCCCC1. The molecule has 1 aromatic carbocycles. The average Bonchev–Trinajstić information content (AvgIpc) is 2.65. The highest BCUT2D eigenvalue weighted by Crippen LogP contribution is 2.22. The third kappa shape index (κ3) is 8.24. The minimum atomic E-state index is 0.201. The van der Waals surface area contributed by atoms with Crippen LogP contribution in [0.25, 0.3) is 0 Å². The lowest BCUT2D eigenvalue weighted by molar-refractivity contribution is 0.258. The quantitative estimate of drug-likeness (QED) is 0.354. The second kappa shape index (κ2) is 11.2. The molecule has 5 nitrogen and oxygen atoms in total. The minimum absolute atomic E-state index is 0.201. The smallest absolute Gasteiger partial charge is 0.101 e. The number of hydrogen-bond acceptors (Lipinski definition) is 5. The molecule has 1 heterocycles. The van der Waals surface area contributed by atoms with Gasteiger partial charge < -0.3 is 5.32 Å². The van der Waals surface area contributed by atoms with Crippen molar-refractivity contribution in [2.45, 2.75) is 52.0 Å². The van der Waals surface area contributed by atoms with E-state index in [0.29, 0.717) is 6.67 Å². The number of nitrogens with zero attached hydrogens (tertiary/aromatic N) is 2. The molecule has 0 saturated carbocycles. The molecule has 1 aliphatic rings. The monoisotopic (exact) mass is 371 g/mol. The van der Waals surface area contributed by atoms with Crippen LogP contribution in [-0.2, 0) is 12.0 Å². The average molecular weight is 372 g/mol. The zero-order chi connectivity index (χ0) is 19.5. The van der Waals surface area contributed by atoms with Gasteiger partial charge in [0.1, 0.15) is 6.67 Å². The number of hydrogen-bond donors (Lipinski definition) is 3. The van der Waals surface area contributed by atoms with E-state index in [2.05, 4.69) is 77.2 Å². The van der Waals surface area contributed by atoms with Crippen molar-refractivity contribution in [3.8, 4) is 0 Å². The zero-order valence-corrected chi connectivity index (χ0v) is 17.5. The Bertz CT molecular complexity index is 592. The normalized spacial score (nSPS) is 16.8. The highest BCUT2D eigenvalue weighted by Gasteiger charge is 2.13. The van der Waals surface area contributed by atoms with Crippen LogP contribution in [0.5, 0.6) is 0 Å². The fourth-order valence-electron chi connectivity index (χ4n) is 3.18. The molecule has 2 rings (SSSR count). The van der Waals surface area contributed by atoms with Gasteiger partial charge in [-0.25, -0.2) is 5.43 Å². The van der Waals surface area contributed by atoms with Gasteiger partial charge in [-0.1, -0.05) is 51.5 Å². The predicted molar refractivity (Wildman–Crippen MR) is 116 cm³/mol. The summed E-state index contributed by atoms with van der Waals surface area (Å²) in [6.07, 6.45) is 8.09. The van der Waals surface area contributed by atoms with Crippen molar-refractivity contribution in [1.29, 1.82) is 0 Å². The number of aliphatic imine (C=N–C) groups is 1. The Labute approximate surface area is 165 Å². The molecule has 1 aliphatic heterocycles. The van der Waals surface area contributed by atoms with Gasteiger partial charge >= 0.3 is 0 Å². The Morgan fingerprint density at radius 1 is 1.11 bits per heavy atom. The second-order valence-electron chi connectivity index (χ2n) is 8.23. The van der Waals surface area contributed by atoms with Gasteiger partial charge in [-0.05, 0) is 61.8 Å². The fraction of sp³-hybridized carbons (Fsp3) is 0.591. The molecule has 27 heavy (non-hydrogen) atoms. The van der Waals surface area contributed by atoms with Crippen molar-refractivity contribution in [3.63, 3.8) is 0 Å². The van der Waals surface area contributed by atoms with E-state index in [1.54, 1.807) is 0 Å². The molecule has 0 aliphatic carbocycles. The summed E-state index contributed by atoms with van der Waals surface area (Å²) in [5.41, 5.74) is 9.93. The number of hydrazine groups is 1. The fourth-order valence-corrected chi connectivity index (χ4v) is 3.18. The van der Waals surface area contributed by atoms with Gasteiger partial charge in [0.05, 0.1) is 5.71 Å². The number of rotatable bonds is 9. The van der Waals surface area contributed by atoms with Crippen LogP contribution in [-0.4, -0.2) is 44.0 Å². The molecular weight excluding hydrogens is 334 g/mol. The van der Waals surface area contributed by atoms with E-state index < -0.39 is 0 Å². The van der Waals surface area contributed by atoms with Crippen LogP contribution in [0.4, 0.5) is 0 Å². The molecule has 0 bridgehead atoms. The van der Waals surface area contributed by atoms with E-state index in [0.717, 1.165) is 18.8 Å². The van der Waals surface area contributed by atoms with Crippen molar-refractivity contribution < 1.29 is 0 Å². The third-order valence-electron chi connectivity index (χ3n) is 4.89. The first-order valence-electron chi connectivity index (χ1n) is 10.1. The van der Waals surface area contributed by atoms with Crippen LogP contribution in [0.1, 0.15) is 51.2 Å². The maximum atomic E-state index is 4.67. The number of piperidine rings is 1. The maximum Gasteiger partial charge on any atom is 0.101 e. The summed E-state index contributed by atoms with van der Waals surface area (Å²) in [6.45, 7) is 11.4. The van der Waals surface area contributed by atoms with Gasteiger partial charge in [0.2, 0.25) is 0 Å². The molecule has 0 spiro atoms. The highest BCUT2D eigenvalue weighted by atomic mass is 15.4.